The molecule has 0 aromatic heterocycles. The molecule has 0 aliphatic carbocycles. The fraction of sp³-hybridized carbons (Fsp3) is 0.333. The number of rotatable bonds is 4. The standard InChI is InChI=1S/C12H15ClN2S/c1-14-7-6-11-12(15-8-16-11)9-2-4-10(13)5-3-9/h2-5,14-15H,6-8H2,1H3. The van der Waals surface area contributed by atoms with Gasteiger partial charge in [0.15, 0.2) is 0 Å². The average molecular weight is 255 g/mol. The van der Waals surface area contributed by atoms with Crippen LogP contribution in [0.25, 0.3) is 5.70 Å². The Labute approximate surface area is 105 Å². The van der Waals surface area contributed by atoms with E-state index >= 15 is 0 Å². The molecule has 16 heavy (non-hydrogen) atoms. The molecule has 1 heterocycles. The van der Waals surface area contributed by atoms with Crippen LogP contribution in [-0.2, 0) is 0 Å². The van der Waals surface area contributed by atoms with Crippen LogP contribution in [0.1, 0.15) is 12.0 Å². The van der Waals surface area contributed by atoms with Gasteiger partial charge in [-0.1, -0.05) is 23.7 Å². The van der Waals surface area contributed by atoms with Crippen molar-refractivity contribution >= 4 is 29.1 Å². The Morgan fingerprint density at radius 1 is 1.38 bits per heavy atom. The predicted molar refractivity (Wildman–Crippen MR) is 72.5 cm³/mol. The van der Waals surface area contributed by atoms with Gasteiger partial charge in [-0.3, -0.25) is 0 Å². The molecule has 2 nitrogen and oxygen atoms in total. The van der Waals surface area contributed by atoms with Crippen molar-refractivity contribution in [3.63, 3.8) is 0 Å². The molecule has 0 amide bonds. The number of hydrogen-bond donors (Lipinski definition) is 2. The monoisotopic (exact) mass is 254 g/mol. The molecule has 86 valence electrons. The molecule has 1 aliphatic rings. The van der Waals surface area contributed by atoms with E-state index in [1.54, 1.807) is 0 Å². The lowest BCUT2D eigenvalue weighted by Crippen LogP contribution is -2.09. The molecule has 0 spiro atoms. The Kier molecular flexibility index (Phi) is 4.16. The first-order chi connectivity index (χ1) is 7.81. The second kappa shape index (κ2) is 5.62. The molecular weight excluding hydrogens is 240 g/mol. The van der Waals surface area contributed by atoms with E-state index in [4.69, 9.17) is 11.6 Å². The second-order valence-corrected chi connectivity index (χ2v) is 5.13. The van der Waals surface area contributed by atoms with Gasteiger partial charge >= 0.3 is 0 Å². The molecule has 0 saturated heterocycles. The molecule has 0 atom stereocenters. The Balaban J connectivity index is 2.20. The summed E-state index contributed by atoms with van der Waals surface area (Å²) in [4.78, 5) is 1.43. The highest BCUT2D eigenvalue weighted by Crippen LogP contribution is 2.33. The van der Waals surface area contributed by atoms with Crippen molar-refractivity contribution in [3.8, 4) is 0 Å². The molecule has 0 bridgehead atoms. The molecule has 0 radical (unpaired) electrons. The summed E-state index contributed by atoms with van der Waals surface area (Å²) in [5, 5.41) is 7.39. The number of benzene rings is 1. The van der Waals surface area contributed by atoms with Crippen LogP contribution in [0.15, 0.2) is 29.2 Å². The molecular formula is C12H15ClN2S. The van der Waals surface area contributed by atoms with E-state index in [1.807, 2.05) is 30.9 Å². The first-order valence-electron chi connectivity index (χ1n) is 5.31. The normalized spacial score (nSPS) is 15.4. The lowest BCUT2D eigenvalue weighted by atomic mass is 10.1. The van der Waals surface area contributed by atoms with Gasteiger partial charge in [-0.15, -0.1) is 11.8 Å². The van der Waals surface area contributed by atoms with Crippen LogP contribution < -0.4 is 10.6 Å². The predicted octanol–water partition coefficient (Wildman–Crippen LogP) is 2.91. The summed E-state index contributed by atoms with van der Waals surface area (Å²) in [5.41, 5.74) is 2.48. The Morgan fingerprint density at radius 2 is 2.12 bits per heavy atom. The van der Waals surface area contributed by atoms with Gasteiger partial charge in [0.05, 0.1) is 11.6 Å². The maximum atomic E-state index is 5.89. The molecule has 1 aliphatic heterocycles. The summed E-state index contributed by atoms with van der Waals surface area (Å²) in [6, 6.07) is 8.00. The van der Waals surface area contributed by atoms with Gasteiger partial charge in [0, 0.05) is 9.93 Å². The van der Waals surface area contributed by atoms with Crippen LogP contribution in [0, 0.1) is 0 Å². The van der Waals surface area contributed by atoms with Gasteiger partial charge in [0.1, 0.15) is 0 Å². The van der Waals surface area contributed by atoms with E-state index in [2.05, 4.69) is 22.8 Å². The molecule has 0 fully saturated rings. The number of hydrogen-bond acceptors (Lipinski definition) is 3. The van der Waals surface area contributed by atoms with Gasteiger partial charge in [0.25, 0.3) is 0 Å². The minimum absolute atomic E-state index is 0.784. The average Bonchev–Trinajstić information content (AvgIpc) is 2.75. The lowest BCUT2D eigenvalue weighted by molar-refractivity contribution is 0.803. The quantitative estimate of drug-likeness (QED) is 0.864. The van der Waals surface area contributed by atoms with Gasteiger partial charge < -0.3 is 10.6 Å². The van der Waals surface area contributed by atoms with Crippen LogP contribution in [0.3, 0.4) is 0 Å². The molecule has 1 aromatic rings. The molecule has 0 unspecified atom stereocenters. The van der Waals surface area contributed by atoms with E-state index in [9.17, 15) is 0 Å². The highest BCUT2D eigenvalue weighted by molar-refractivity contribution is 8.03. The summed E-state index contributed by atoms with van der Waals surface area (Å²) in [6.07, 6.45) is 1.08. The minimum atomic E-state index is 0.784. The van der Waals surface area contributed by atoms with E-state index in [1.165, 1.54) is 16.2 Å². The highest BCUT2D eigenvalue weighted by atomic mass is 35.5. The van der Waals surface area contributed by atoms with Gasteiger partial charge in [-0.25, -0.2) is 0 Å². The van der Waals surface area contributed by atoms with Crippen molar-refractivity contribution in [2.24, 2.45) is 0 Å². The van der Waals surface area contributed by atoms with Crippen molar-refractivity contribution < 1.29 is 0 Å². The van der Waals surface area contributed by atoms with E-state index in [0.717, 1.165) is 23.9 Å². The smallest absolute Gasteiger partial charge is 0.0655 e. The first-order valence-corrected chi connectivity index (χ1v) is 6.68. The third-order valence-electron chi connectivity index (χ3n) is 2.51. The first kappa shape index (κ1) is 11.8. The van der Waals surface area contributed by atoms with Gasteiger partial charge in [0.2, 0.25) is 0 Å². The zero-order valence-electron chi connectivity index (χ0n) is 9.22. The second-order valence-electron chi connectivity index (χ2n) is 3.62. The van der Waals surface area contributed by atoms with Crippen LogP contribution in [0.4, 0.5) is 0 Å². The third kappa shape index (κ3) is 2.73. The largest absolute Gasteiger partial charge is 0.375 e. The van der Waals surface area contributed by atoms with E-state index < -0.39 is 0 Å². The Bertz CT molecular complexity index is 387. The lowest BCUT2D eigenvalue weighted by Gasteiger charge is -2.07. The third-order valence-corrected chi connectivity index (χ3v) is 3.81. The topological polar surface area (TPSA) is 24.1 Å². The summed E-state index contributed by atoms with van der Waals surface area (Å²) >= 11 is 7.77. The SMILES string of the molecule is CNCCC1=C(c2ccc(Cl)cc2)NCS1. The molecule has 2 N–H and O–H groups in total. The summed E-state index contributed by atoms with van der Waals surface area (Å²) in [7, 11) is 1.98. The van der Waals surface area contributed by atoms with E-state index in [0.29, 0.717) is 0 Å². The van der Waals surface area contributed by atoms with Crippen LogP contribution >= 0.6 is 23.4 Å². The molecule has 2 rings (SSSR count). The van der Waals surface area contributed by atoms with Crippen molar-refractivity contribution in [2.75, 3.05) is 19.5 Å². The zero-order valence-corrected chi connectivity index (χ0v) is 10.8. The fourth-order valence-electron chi connectivity index (χ4n) is 1.68. The summed E-state index contributed by atoms with van der Waals surface area (Å²) in [5.74, 6) is 0.969. The van der Waals surface area contributed by atoms with E-state index in [-0.39, 0.29) is 0 Å². The van der Waals surface area contributed by atoms with Crippen LogP contribution in [0.5, 0.6) is 0 Å². The maximum Gasteiger partial charge on any atom is 0.0655 e. The van der Waals surface area contributed by atoms with Crippen molar-refractivity contribution in [1.82, 2.24) is 10.6 Å². The molecule has 4 heteroatoms. The van der Waals surface area contributed by atoms with Gasteiger partial charge in [-0.05, 0) is 37.7 Å². The zero-order chi connectivity index (χ0) is 11.4. The highest BCUT2D eigenvalue weighted by Gasteiger charge is 2.15. The van der Waals surface area contributed by atoms with Crippen molar-refractivity contribution in [1.29, 1.82) is 0 Å². The Morgan fingerprint density at radius 3 is 2.81 bits per heavy atom. The van der Waals surface area contributed by atoms with Gasteiger partial charge in [-0.2, -0.15) is 0 Å². The van der Waals surface area contributed by atoms with Crippen molar-refractivity contribution in [3.05, 3.63) is 39.8 Å². The summed E-state index contributed by atoms with van der Waals surface area (Å²) < 4.78 is 0. The molecule has 1 aromatic carbocycles. The molecule has 0 saturated carbocycles. The fourth-order valence-corrected chi connectivity index (χ4v) is 2.78. The Hall–Kier alpha value is -0.640. The maximum absolute atomic E-state index is 5.89. The number of nitrogens with one attached hydrogen (secondary N) is 2. The van der Waals surface area contributed by atoms with Crippen LogP contribution in [0.2, 0.25) is 5.02 Å². The van der Waals surface area contributed by atoms with Crippen LogP contribution in [-0.4, -0.2) is 19.5 Å². The van der Waals surface area contributed by atoms with Crippen molar-refractivity contribution in [2.45, 2.75) is 6.42 Å². The summed E-state index contributed by atoms with van der Waals surface area (Å²) in [6.45, 7) is 1.01. The number of thioether (sulfide) groups is 1. The number of halogens is 1. The minimum Gasteiger partial charge on any atom is -0.375 e.